The molecule has 1 aliphatic rings. The molecule has 2 rings (SSSR count). The molecule has 1 saturated heterocycles. The summed E-state index contributed by atoms with van der Waals surface area (Å²) in [6.45, 7) is 10.5. The highest BCUT2D eigenvalue weighted by Gasteiger charge is 2.26. The van der Waals surface area contributed by atoms with E-state index in [1.165, 1.54) is 12.8 Å². The molecule has 2 nitrogen and oxygen atoms in total. The molecule has 1 heterocycles. The Morgan fingerprint density at radius 2 is 1.89 bits per heavy atom. The highest BCUT2D eigenvalue weighted by atomic mass is 16.1. The van der Waals surface area contributed by atoms with E-state index in [0.29, 0.717) is 0 Å². The maximum absolute atomic E-state index is 12.7. The van der Waals surface area contributed by atoms with Crippen molar-refractivity contribution in [2.24, 2.45) is 5.92 Å². The lowest BCUT2D eigenvalue weighted by molar-refractivity contribution is 0.0778. The Kier molecular flexibility index (Phi) is 4.41. The minimum absolute atomic E-state index is 0.00741. The zero-order valence-corrected chi connectivity index (χ0v) is 12.6. The number of carbonyl (C=O) groups is 1. The zero-order chi connectivity index (χ0) is 14.0. The van der Waals surface area contributed by atoms with Crippen molar-refractivity contribution in [2.75, 3.05) is 13.1 Å². The second-order valence-corrected chi connectivity index (χ2v) is 6.08. The minimum atomic E-state index is 0.00741. The van der Waals surface area contributed by atoms with Gasteiger partial charge in [0.05, 0.1) is 6.04 Å². The van der Waals surface area contributed by atoms with Crippen LogP contribution in [0.25, 0.3) is 0 Å². The van der Waals surface area contributed by atoms with E-state index in [1.54, 1.807) is 0 Å². The van der Waals surface area contributed by atoms with Crippen LogP contribution in [-0.2, 0) is 0 Å². The number of rotatable bonds is 3. The first-order valence-electron chi connectivity index (χ1n) is 7.34. The average molecular weight is 259 g/mol. The van der Waals surface area contributed by atoms with Gasteiger partial charge in [-0.2, -0.15) is 0 Å². The number of nitrogens with zero attached hydrogens (tertiary/aromatic N) is 1. The van der Waals surface area contributed by atoms with Gasteiger partial charge in [0, 0.05) is 5.56 Å². The van der Waals surface area contributed by atoms with Gasteiger partial charge in [-0.1, -0.05) is 24.6 Å². The van der Waals surface area contributed by atoms with Crippen molar-refractivity contribution in [1.29, 1.82) is 0 Å². The molecule has 2 heteroatoms. The van der Waals surface area contributed by atoms with Gasteiger partial charge < -0.3 is 0 Å². The van der Waals surface area contributed by atoms with E-state index in [4.69, 9.17) is 0 Å². The summed E-state index contributed by atoms with van der Waals surface area (Å²) in [5.74, 6) is 1.08. The molecule has 1 aromatic carbocycles. The van der Waals surface area contributed by atoms with Crippen molar-refractivity contribution in [1.82, 2.24) is 4.90 Å². The molecule has 1 unspecified atom stereocenters. The summed E-state index contributed by atoms with van der Waals surface area (Å²) < 4.78 is 0. The van der Waals surface area contributed by atoms with Crippen LogP contribution in [0.2, 0.25) is 0 Å². The highest BCUT2D eigenvalue weighted by Crippen LogP contribution is 2.21. The summed E-state index contributed by atoms with van der Waals surface area (Å²) >= 11 is 0. The number of carbonyl (C=O) groups excluding carboxylic acids is 1. The maximum Gasteiger partial charge on any atom is 0.179 e. The Labute approximate surface area is 116 Å². The summed E-state index contributed by atoms with van der Waals surface area (Å²) in [5.41, 5.74) is 3.15. The Morgan fingerprint density at radius 3 is 2.53 bits per heavy atom. The molecule has 0 saturated carbocycles. The van der Waals surface area contributed by atoms with Gasteiger partial charge >= 0.3 is 0 Å². The highest BCUT2D eigenvalue weighted by molar-refractivity contribution is 6.01. The molecule has 1 aromatic rings. The maximum atomic E-state index is 12.7. The van der Waals surface area contributed by atoms with Crippen molar-refractivity contribution >= 4 is 5.78 Å². The molecular weight excluding hydrogens is 234 g/mol. The molecule has 1 aliphatic heterocycles. The first kappa shape index (κ1) is 14.3. The zero-order valence-electron chi connectivity index (χ0n) is 12.6. The summed E-state index contributed by atoms with van der Waals surface area (Å²) in [4.78, 5) is 15.0. The normalized spacial score (nSPS) is 19.4. The lowest BCUT2D eigenvalue weighted by Gasteiger charge is -2.34. The van der Waals surface area contributed by atoms with E-state index in [9.17, 15) is 4.79 Å². The third kappa shape index (κ3) is 3.24. The number of Topliss-reactive ketones (excluding diaryl/α,β-unsaturated/α-hetero) is 1. The van der Waals surface area contributed by atoms with Crippen LogP contribution in [0.4, 0.5) is 0 Å². The minimum Gasteiger partial charge on any atom is -0.293 e. The van der Waals surface area contributed by atoms with Crippen molar-refractivity contribution in [3.63, 3.8) is 0 Å². The SMILES string of the molecule is Cc1ccc(C)c(C(=O)C(C)N2CCC(C)CC2)c1. The first-order chi connectivity index (χ1) is 8.99. The molecule has 0 spiro atoms. The van der Waals surface area contributed by atoms with Crippen LogP contribution in [0.5, 0.6) is 0 Å². The quantitative estimate of drug-likeness (QED) is 0.773. The fourth-order valence-corrected chi connectivity index (χ4v) is 2.81. The predicted octanol–water partition coefficient (Wildman–Crippen LogP) is 3.61. The van der Waals surface area contributed by atoms with Crippen molar-refractivity contribution in [3.05, 3.63) is 34.9 Å². The molecule has 0 aliphatic carbocycles. The van der Waals surface area contributed by atoms with E-state index >= 15 is 0 Å². The van der Waals surface area contributed by atoms with Gasteiger partial charge in [0.15, 0.2) is 5.78 Å². The molecule has 19 heavy (non-hydrogen) atoms. The Balaban J connectivity index is 2.12. The summed E-state index contributed by atoms with van der Waals surface area (Å²) in [6, 6.07) is 6.15. The van der Waals surface area contributed by atoms with E-state index < -0.39 is 0 Å². The standard InChI is InChI=1S/C17H25NO/c1-12-7-9-18(10-8-12)15(4)17(19)16-11-13(2)5-6-14(16)3/h5-6,11-12,15H,7-10H2,1-4H3. The molecule has 0 radical (unpaired) electrons. The van der Waals surface area contributed by atoms with Gasteiger partial charge in [0.1, 0.15) is 0 Å². The van der Waals surface area contributed by atoms with E-state index in [-0.39, 0.29) is 11.8 Å². The van der Waals surface area contributed by atoms with Crippen LogP contribution in [0, 0.1) is 19.8 Å². The van der Waals surface area contributed by atoms with Gasteiger partial charge in [-0.15, -0.1) is 0 Å². The van der Waals surface area contributed by atoms with Crippen LogP contribution in [0.15, 0.2) is 18.2 Å². The molecule has 0 bridgehead atoms. The number of benzene rings is 1. The topological polar surface area (TPSA) is 20.3 Å². The van der Waals surface area contributed by atoms with E-state index in [0.717, 1.165) is 35.7 Å². The van der Waals surface area contributed by atoms with Crippen molar-refractivity contribution in [2.45, 2.75) is 46.6 Å². The third-order valence-electron chi connectivity index (χ3n) is 4.40. The van der Waals surface area contributed by atoms with Crippen LogP contribution >= 0.6 is 0 Å². The number of hydrogen-bond donors (Lipinski definition) is 0. The number of piperidine rings is 1. The molecule has 104 valence electrons. The second-order valence-electron chi connectivity index (χ2n) is 6.08. The Bertz CT molecular complexity index is 458. The van der Waals surface area contributed by atoms with Crippen LogP contribution < -0.4 is 0 Å². The molecule has 1 fully saturated rings. The van der Waals surface area contributed by atoms with Gasteiger partial charge in [-0.05, 0) is 64.3 Å². The summed E-state index contributed by atoms with van der Waals surface area (Å²) in [7, 11) is 0. The van der Waals surface area contributed by atoms with Crippen LogP contribution in [0.1, 0.15) is 48.2 Å². The smallest absolute Gasteiger partial charge is 0.179 e. The van der Waals surface area contributed by atoms with Gasteiger partial charge in [0.2, 0.25) is 0 Å². The Morgan fingerprint density at radius 1 is 1.26 bits per heavy atom. The lowest BCUT2D eigenvalue weighted by Crippen LogP contribution is -2.43. The summed E-state index contributed by atoms with van der Waals surface area (Å²) in [5, 5.41) is 0. The van der Waals surface area contributed by atoms with Crippen molar-refractivity contribution in [3.8, 4) is 0 Å². The fourth-order valence-electron chi connectivity index (χ4n) is 2.81. The first-order valence-corrected chi connectivity index (χ1v) is 7.34. The number of hydrogen-bond acceptors (Lipinski definition) is 2. The molecule has 0 N–H and O–H groups in total. The number of ketones is 1. The van der Waals surface area contributed by atoms with Crippen molar-refractivity contribution < 1.29 is 4.79 Å². The predicted molar refractivity (Wildman–Crippen MR) is 79.7 cm³/mol. The third-order valence-corrected chi connectivity index (χ3v) is 4.40. The largest absolute Gasteiger partial charge is 0.293 e. The average Bonchev–Trinajstić information content (AvgIpc) is 2.41. The molecule has 1 atom stereocenters. The van der Waals surface area contributed by atoms with Crippen LogP contribution in [-0.4, -0.2) is 29.8 Å². The van der Waals surface area contributed by atoms with E-state index in [1.807, 2.05) is 26.0 Å². The fraction of sp³-hybridized carbons (Fsp3) is 0.588. The van der Waals surface area contributed by atoms with Gasteiger partial charge in [0.25, 0.3) is 0 Å². The van der Waals surface area contributed by atoms with Crippen LogP contribution in [0.3, 0.4) is 0 Å². The second kappa shape index (κ2) is 5.87. The van der Waals surface area contributed by atoms with E-state index in [2.05, 4.69) is 24.8 Å². The molecular formula is C17H25NO. The number of likely N-dealkylation sites (tertiary alicyclic amines) is 1. The molecule has 0 amide bonds. The Hall–Kier alpha value is -1.15. The summed E-state index contributed by atoms with van der Waals surface area (Å²) in [6.07, 6.45) is 2.43. The number of aryl methyl sites for hydroxylation is 2. The molecule has 0 aromatic heterocycles. The van der Waals surface area contributed by atoms with Gasteiger partial charge in [-0.25, -0.2) is 0 Å². The van der Waals surface area contributed by atoms with Gasteiger partial charge in [-0.3, -0.25) is 9.69 Å². The lowest BCUT2D eigenvalue weighted by atomic mass is 9.94. The monoisotopic (exact) mass is 259 g/mol.